The van der Waals surface area contributed by atoms with Crippen molar-refractivity contribution in [3.05, 3.63) is 81.2 Å². The summed E-state index contributed by atoms with van der Waals surface area (Å²) < 4.78 is 2.05. The minimum Gasteiger partial charge on any atom is -0.322 e. The van der Waals surface area contributed by atoms with E-state index in [4.69, 9.17) is 0 Å². The van der Waals surface area contributed by atoms with Gasteiger partial charge < -0.3 is 4.98 Å². The molecule has 8 nitrogen and oxygen atoms in total. The number of aryl methyl sites for hydroxylation is 2. The Morgan fingerprint density at radius 2 is 1.94 bits per heavy atom. The first-order valence-electron chi connectivity index (χ1n) is 12.9. The second-order valence-corrected chi connectivity index (χ2v) is 10.5. The molecule has 1 aliphatic rings. The molecular formula is C28H35N7O. The van der Waals surface area contributed by atoms with Gasteiger partial charge >= 0.3 is 0 Å². The van der Waals surface area contributed by atoms with Gasteiger partial charge in [0.2, 0.25) is 0 Å². The van der Waals surface area contributed by atoms with Gasteiger partial charge in [-0.15, -0.1) is 5.10 Å². The lowest BCUT2D eigenvalue weighted by atomic mass is 9.99. The first-order valence-corrected chi connectivity index (χ1v) is 12.9. The zero-order valence-corrected chi connectivity index (χ0v) is 21.6. The standard InChI is InChI=1S/C28H35N7O/c1-18(2)26(27-31-32-33-35(27)23-9-5-6-10-23)34(16-21-8-7-11-29-15-21)17-22-14-24-20(4)12-19(3)13-25(24)30-28(22)36/h7-8,11-15,18,23,26H,5-6,9-10,16-17H2,1-4H3,(H,30,36)/t26-/m0/s1. The summed E-state index contributed by atoms with van der Waals surface area (Å²) in [5, 5.41) is 14.1. The number of H-pyrrole nitrogens is 1. The minimum absolute atomic E-state index is 0.0541. The van der Waals surface area contributed by atoms with Crippen LogP contribution < -0.4 is 5.56 Å². The molecule has 1 saturated carbocycles. The van der Waals surface area contributed by atoms with Gasteiger partial charge in [0.25, 0.3) is 5.56 Å². The van der Waals surface area contributed by atoms with Gasteiger partial charge in [-0.2, -0.15) is 0 Å². The Morgan fingerprint density at radius 3 is 2.67 bits per heavy atom. The number of benzene rings is 1. The fourth-order valence-electron chi connectivity index (χ4n) is 5.72. The van der Waals surface area contributed by atoms with Crippen molar-refractivity contribution >= 4 is 10.9 Å². The van der Waals surface area contributed by atoms with Crippen molar-refractivity contribution in [3.63, 3.8) is 0 Å². The molecule has 0 bridgehead atoms. The molecule has 5 rings (SSSR count). The molecule has 0 saturated heterocycles. The summed E-state index contributed by atoms with van der Waals surface area (Å²) in [5.41, 5.74) is 4.95. The van der Waals surface area contributed by atoms with Crippen LogP contribution in [0.25, 0.3) is 10.9 Å². The largest absolute Gasteiger partial charge is 0.322 e. The first kappa shape index (κ1) is 24.3. The average Bonchev–Trinajstić information content (AvgIpc) is 3.52. The van der Waals surface area contributed by atoms with Gasteiger partial charge in [0.15, 0.2) is 5.82 Å². The summed E-state index contributed by atoms with van der Waals surface area (Å²) in [6.07, 6.45) is 8.31. The molecule has 0 amide bonds. The molecule has 8 heteroatoms. The van der Waals surface area contributed by atoms with Crippen LogP contribution in [0.4, 0.5) is 0 Å². The highest BCUT2D eigenvalue weighted by molar-refractivity contribution is 5.83. The molecule has 1 aliphatic carbocycles. The van der Waals surface area contributed by atoms with Crippen molar-refractivity contribution in [3.8, 4) is 0 Å². The van der Waals surface area contributed by atoms with Crippen molar-refractivity contribution in [1.29, 1.82) is 0 Å². The number of fused-ring (bicyclic) bond motifs is 1. The van der Waals surface area contributed by atoms with Crippen LogP contribution in [0.1, 0.15) is 79.7 Å². The molecular weight excluding hydrogens is 450 g/mol. The van der Waals surface area contributed by atoms with Crippen molar-refractivity contribution in [2.45, 2.75) is 78.6 Å². The highest BCUT2D eigenvalue weighted by Crippen LogP contribution is 2.35. The van der Waals surface area contributed by atoms with E-state index >= 15 is 0 Å². The fraction of sp³-hybridized carbons (Fsp3) is 0.464. The molecule has 1 fully saturated rings. The summed E-state index contributed by atoms with van der Waals surface area (Å²) in [6, 6.07) is 10.6. The number of nitrogens with one attached hydrogen (secondary N) is 1. The molecule has 0 spiro atoms. The number of tetrazole rings is 1. The number of aromatic nitrogens is 6. The molecule has 1 aromatic carbocycles. The van der Waals surface area contributed by atoms with Gasteiger partial charge in [-0.05, 0) is 77.9 Å². The van der Waals surface area contributed by atoms with Crippen LogP contribution in [-0.2, 0) is 13.1 Å². The van der Waals surface area contributed by atoms with Crippen LogP contribution >= 0.6 is 0 Å². The highest BCUT2D eigenvalue weighted by atomic mass is 16.1. The molecule has 3 heterocycles. The third-order valence-electron chi connectivity index (χ3n) is 7.35. The van der Waals surface area contributed by atoms with E-state index in [1.54, 1.807) is 6.20 Å². The molecule has 4 aromatic rings. The van der Waals surface area contributed by atoms with Crippen LogP contribution in [-0.4, -0.2) is 35.1 Å². The molecule has 0 unspecified atom stereocenters. The van der Waals surface area contributed by atoms with Crippen LogP contribution in [0.2, 0.25) is 0 Å². The topological polar surface area (TPSA) is 92.6 Å². The SMILES string of the molecule is Cc1cc(C)c2cc(CN(Cc3cccnc3)[C@H](c3nnnn3C3CCCC3)C(C)C)c(=O)[nH]c2c1. The summed E-state index contributed by atoms with van der Waals surface area (Å²) >= 11 is 0. The Morgan fingerprint density at radius 1 is 1.14 bits per heavy atom. The lowest BCUT2D eigenvalue weighted by Crippen LogP contribution is -2.35. The Labute approximate surface area is 211 Å². The van der Waals surface area contributed by atoms with Gasteiger partial charge in [-0.1, -0.05) is 38.8 Å². The summed E-state index contributed by atoms with van der Waals surface area (Å²) in [7, 11) is 0. The van der Waals surface area contributed by atoms with E-state index in [2.05, 4.69) is 76.3 Å². The normalized spacial score (nSPS) is 15.4. The third-order valence-corrected chi connectivity index (χ3v) is 7.35. The van der Waals surface area contributed by atoms with Crippen molar-refractivity contribution in [2.24, 2.45) is 5.92 Å². The average molecular weight is 486 g/mol. The number of aromatic amines is 1. The van der Waals surface area contributed by atoms with Gasteiger partial charge in [0.1, 0.15) is 0 Å². The van der Waals surface area contributed by atoms with Crippen LogP contribution in [0.15, 0.2) is 47.5 Å². The van der Waals surface area contributed by atoms with Gasteiger partial charge in [-0.3, -0.25) is 14.7 Å². The Bertz CT molecular complexity index is 1390. The number of hydrogen-bond acceptors (Lipinski definition) is 6. The van der Waals surface area contributed by atoms with E-state index in [-0.39, 0.29) is 17.5 Å². The van der Waals surface area contributed by atoms with Crippen molar-refractivity contribution in [2.75, 3.05) is 0 Å². The summed E-state index contributed by atoms with van der Waals surface area (Å²) in [5.74, 6) is 1.11. The summed E-state index contributed by atoms with van der Waals surface area (Å²) in [6.45, 7) is 9.66. The Kier molecular flexibility index (Phi) is 6.96. The van der Waals surface area contributed by atoms with Gasteiger partial charge in [0, 0.05) is 41.9 Å². The van der Waals surface area contributed by atoms with E-state index in [1.807, 2.05) is 23.0 Å². The highest BCUT2D eigenvalue weighted by Gasteiger charge is 2.32. The number of rotatable bonds is 8. The lowest BCUT2D eigenvalue weighted by Gasteiger charge is -2.34. The number of nitrogens with zero attached hydrogens (tertiary/aromatic N) is 6. The van der Waals surface area contributed by atoms with E-state index < -0.39 is 0 Å². The van der Waals surface area contributed by atoms with Gasteiger partial charge in [-0.25, -0.2) is 4.68 Å². The molecule has 0 radical (unpaired) electrons. The quantitative estimate of drug-likeness (QED) is 0.376. The molecule has 0 aliphatic heterocycles. The van der Waals surface area contributed by atoms with E-state index in [9.17, 15) is 4.79 Å². The lowest BCUT2D eigenvalue weighted by molar-refractivity contribution is 0.123. The maximum absolute atomic E-state index is 13.3. The van der Waals surface area contributed by atoms with E-state index in [0.29, 0.717) is 19.1 Å². The van der Waals surface area contributed by atoms with Crippen LogP contribution in [0.5, 0.6) is 0 Å². The second-order valence-electron chi connectivity index (χ2n) is 10.5. The monoisotopic (exact) mass is 485 g/mol. The first-order chi connectivity index (χ1) is 17.4. The molecule has 1 atom stereocenters. The fourth-order valence-corrected chi connectivity index (χ4v) is 5.72. The van der Waals surface area contributed by atoms with E-state index in [1.165, 1.54) is 12.8 Å². The maximum atomic E-state index is 13.3. The molecule has 1 N–H and O–H groups in total. The van der Waals surface area contributed by atoms with Crippen LogP contribution in [0, 0.1) is 19.8 Å². The Balaban J connectivity index is 1.57. The number of pyridine rings is 2. The predicted molar refractivity (Wildman–Crippen MR) is 140 cm³/mol. The zero-order valence-electron chi connectivity index (χ0n) is 21.6. The Hall–Kier alpha value is -3.39. The number of hydrogen-bond donors (Lipinski definition) is 1. The minimum atomic E-state index is -0.0602. The van der Waals surface area contributed by atoms with Gasteiger partial charge in [0.05, 0.1) is 12.1 Å². The van der Waals surface area contributed by atoms with Crippen LogP contribution in [0.3, 0.4) is 0 Å². The smallest absolute Gasteiger partial charge is 0.252 e. The molecule has 3 aromatic heterocycles. The second kappa shape index (κ2) is 10.3. The molecule has 36 heavy (non-hydrogen) atoms. The molecule has 188 valence electrons. The maximum Gasteiger partial charge on any atom is 0.252 e. The zero-order chi connectivity index (χ0) is 25.2. The predicted octanol–water partition coefficient (Wildman–Crippen LogP) is 5.04. The van der Waals surface area contributed by atoms with Crippen molar-refractivity contribution < 1.29 is 0 Å². The third kappa shape index (κ3) is 4.95. The van der Waals surface area contributed by atoms with E-state index in [0.717, 1.165) is 51.8 Å². The van der Waals surface area contributed by atoms with Crippen molar-refractivity contribution in [1.82, 2.24) is 35.1 Å². The summed E-state index contributed by atoms with van der Waals surface area (Å²) in [4.78, 5) is 23.0.